The van der Waals surface area contributed by atoms with Crippen molar-refractivity contribution in [2.24, 2.45) is 0 Å². The van der Waals surface area contributed by atoms with Crippen LogP contribution >= 0.6 is 23.6 Å². The van der Waals surface area contributed by atoms with E-state index in [1.54, 1.807) is 47.4 Å². The van der Waals surface area contributed by atoms with E-state index in [9.17, 15) is 18.8 Å². The number of thiocarbonyl (C=S) groups is 1. The quantitative estimate of drug-likeness (QED) is 0.324. The van der Waals surface area contributed by atoms with Gasteiger partial charge in [0.1, 0.15) is 11.9 Å². The van der Waals surface area contributed by atoms with Crippen molar-refractivity contribution in [1.29, 1.82) is 0 Å². The molecule has 1 fully saturated rings. The Morgan fingerprint density at radius 3 is 2.47 bits per heavy atom. The molecule has 1 aliphatic rings. The third-order valence-electron chi connectivity index (χ3n) is 5.64. The summed E-state index contributed by atoms with van der Waals surface area (Å²) in [6, 6.07) is 15.0. The molecule has 186 valence electrons. The lowest BCUT2D eigenvalue weighted by Gasteiger charge is -2.23. The fraction of sp³-hybridized carbons (Fsp3) is 0.231. The summed E-state index contributed by atoms with van der Waals surface area (Å²) in [7, 11) is 0. The molecule has 0 spiro atoms. The molecule has 0 radical (unpaired) electrons. The average molecular weight is 526 g/mol. The first kappa shape index (κ1) is 25.5. The normalized spacial score (nSPS) is 15.3. The fourth-order valence-corrected chi connectivity index (χ4v) is 5.00. The monoisotopic (exact) mass is 525 g/mol. The highest BCUT2D eigenvalue weighted by Gasteiger charge is 2.44. The van der Waals surface area contributed by atoms with Gasteiger partial charge in [0.15, 0.2) is 5.11 Å². The summed E-state index contributed by atoms with van der Waals surface area (Å²) >= 11 is 7.29. The van der Waals surface area contributed by atoms with E-state index in [-0.39, 0.29) is 24.8 Å². The second kappa shape index (κ2) is 11.4. The van der Waals surface area contributed by atoms with Crippen molar-refractivity contribution in [3.05, 3.63) is 82.3 Å². The number of esters is 1. The van der Waals surface area contributed by atoms with Crippen LogP contribution in [0.15, 0.2) is 66.0 Å². The summed E-state index contributed by atoms with van der Waals surface area (Å²) < 4.78 is 18.2. The number of nitrogens with zero attached hydrogens (tertiary/aromatic N) is 2. The van der Waals surface area contributed by atoms with Crippen molar-refractivity contribution < 1.29 is 23.5 Å². The lowest BCUT2D eigenvalue weighted by atomic mass is 10.1. The van der Waals surface area contributed by atoms with Crippen molar-refractivity contribution in [3.8, 4) is 0 Å². The van der Waals surface area contributed by atoms with Crippen LogP contribution in [0.4, 0.5) is 15.8 Å². The van der Waals surface area contributed by atoms with Gasteiger partial charge < -0.3 is 15.0 Å². The molecule has 36 heavy (non-hydrogen) atoms. The number of carbonyl (C=O) groups is 3. The number of anilines is 2. The Labute approximate surface area is 217 Å². The van der Waals surface area contributed by atoms with Gasteiger partial charge in [-0.25, -0.2) is 9.18 Å². The van der Waals surface area contributed by atoms with E-state index in [0.717, 1.165) is 4.88 Å². The first-order valence-electron chi connectivity index (χ1n) is 11.4. The van der Waals surface area contributed by atoms with Crippen LogP contribution in [-0.4, -0.2) is 47.0 Å². The number of nitrogens with one attached hydrogen (secondary N) is 1. The zero-order valence-corrected chi connectivity index (χ0v) is 21.1. The molecule has 4 rings (SSSR count). The minimum absolute atomic E-state index is 0.127. The average Bonchev–Trinajstić information content (AvgIpc) is 3.46. The lowest BCUT2D eigenvalue weighted by molar-refractivity contribution is -0.124. The van der Waals surface area contributed by atoms with Gasteiger partial charge in [0, 0.05) is 17.1 Å². The van der Waals surface area contributed by atoms with Crippen molar-refractivity contribution in [2.45, 2.75) is 25.8 Å². The summed E-state index contributed by atoms with van der Waals surface area (Å²) in [5.41, 5.74) is 1.30. The molecule has 1 saturated heterocycles. The number of benzene rings is 2. The fourth-order valence-electron chi connectivity index (χ4n) is 3.89. The number of thiophene rings is 1. The van der Waals surface area contributed by atoms with Gasteiger partial charge in [-0.05, 0) is 85.5 Å². The van der Waals surface area contributed by atoms with E-state index in [0.29, 0.717) is 35.0 Å². The van der Waals surface area contributed by atoms with Crippen molar-refractivity contribution >= 4 is 57.8 Å². The van der Waals surface area contributed by atoms with E-state index in [1.165, 1.54) is 29.2 Å². The number of halogens is 1. The highest BCUT2D eigenvalue weighted by molar-refractivity contribution is 7.80. The van der Waals surface area contributed by atoms with Crippen molar-refractivity contribution in [2.75, 3.05) is 23.4 Å². The van der Waals surface area contributed by atoms with Crippen LogP contribution in [0.2, 0.25) is 0 Å². The van der Waals surface area contributed by atoms with Gasteiger partial charge in [-0.3, -0.25) is 14.5 Å². The molecule has 0 aliphatic carbocycles. The van der Waals surface area contributed by atoms with Crippen LogP contribution in [0.25, 0.3) is 0 Å². The van der Waals surface area contributed by atoms with E-state index < -0.39 is 17.8 Å². The van der Waals surface area contributed by atoms with Gasteiger partial charge >= 0.3 is 5.97 Å². The Morgan fingerprint density at radius 2 is 1.83 bits per heavy atom. The Bertz CT molecular complexity index is 1250. The molecular weight excluding hydrogens is 501 g/mol. The zero-order valence-electron chi connectivity index (χ0n) is 19.5. The molecule has 2 amide bonds. The molecule has 1 N–H and O–H groups in total. The van der Waals surface area contributed by atoms with E-state index in [2.05, 4.69) is 5.32 Å². The zero-order chi connectivity index (χ0) is 25.7. The maximum atomic E-state index is 13.5. The van der Waals surface area contributed by atoms with Gasteiger partial charge in [0.2, 0.25) is 5.91 Å². The molecule has 1 unspecified atom stereocenters. The van der Waals surface area contributed by atoms with E-state index in [4.69, 9.17) is 17.0 Å². The molecule has 1 aliphatic heterocycles. The maximum Gasteiger partial charge on any atom is 0.338 e. The molecule has 0 bridgehead atoms. The number of ether oxygens (including phenoxy) is 1. The second-order valence-electron chi connectivity index (χ2n) is 8.02. The summed E-state index contributed by atoms with van der Waals surface area (Å²) in [4.78, 5) is 42.6. The number of amides is 2. The Morgan fingerprint density at radius 1 is 1.11 bits per heavy atom. The largest absolute Gasteiger partial charge is 0.462 e. The van der Waals surface area contributed by atoms with Gasteiger partial charge in [-0.15, -0.1) is 11.3 Å². The predicted molar refractivity (Wildman–Crippen MR) is 141 cm³/mol. The molecular formula is C26H24FN3O4S2. The third kappa shape index (κ3) is 5.77. The smallest absolute Gasteiger partial charge is 0.338 e. The van der Waals surface area contributed by atoms with Crippen LogP contribution < -0.4 is 10.2 Å². The number of rotatable bonds is 9. The van der Waals surface area contributed by atoms with E-state index >= 15 is 0 Å². The SMILES string of the molecule is CCOC(=O)c1ccc(N2C(=O)C(CC(=O)Nc3ccc(F)cc3)N(CCc3cccs3)C2=S)cc1. The van der Waals surface area contributed by atoms with Crippen LogP contribution in [-0.2, 0) is 20.7 Å². The molecule has 1 atom stereocenters. The van der Waals surface area contributed by atoms with Gasteiger partial charge in [-0.1, -0.05) is 6.07 Å². The molecule has 7 nitrogen and oxygen atoms in total. The summed E-state index contributed by atoms with van der Waals surface area (Å²) in [5, 5.41) is 4.98. The molecule has 2 heterocycles. The van der Waals surface area contributed by atoms with Gasteiger partial charge in [-0.2, -0.15) is 0 Å². The number of hydrogen-bond acceptors (Lipinski definition) is 6. The van der Waals surface area contributed by atoms with Crippen molar-refractivity contribution in [1.82, 2.24) is 4.90 Å². The first-order chi connectivity index (χ1) is 17.4. The molecule has 1 aromatic heterocycles. The number of carbonyl (C=O) groups excluding carboxylic acids is 3. The molecule has 10 heteroatoms. The maximum absolute atomic E-state index is 13.5. The van der Waals surface area contributed by atoms with Crippen LogP contribution in [0.3, 0.4) is 0 Å². The van der Waals surface area contributed by atoms with Crippen LogP contribution in [0.1, 0.15) is 28.6 Å². The van der Waals surface area contributed by atoms with E-state index in [1.807, 2.05) is 17.5 Å². The topological polar surface area (TPSA) is 78.9 Å². The standard InChI is InChI=1S/C26H24FN3O4S2/c1-2-34-25(33)17-5-11-20(12-6-17)30-24(32)22(16-23(31)28-19-9-7-18(27)8-10-19)29(26(30)35)14-13-21-4-3-15-36-21/h3-12,15,22H,2,13-14,16H2,1H3,(H,28,31). The Hall–Kier alpha value is -3.63. The minimum atomic E-state index is -0.803. The molecule has 0 saturated carbocycles. The highest BCUT2D eigenvalue weighted by atomic mass is 32.1. The summed E-state index contributed by atoms with van der Waals surface area (Å²) in [5.74, 6) is -1.58. The second-order valence-corrected chi connectivity index (χ2v) is 9.42. The highest BCUT2D eigenvalue weighted by Crippen LogP contribution is 2.28. The van der Waals surface area contributed by atoms with Crippen LogP contribution in [0.5, 0.6) is 0 Å². The van der Waals surface area contributed by atoms with Crippen molar-refractivity contribution in [3.63, 3.8) is 0 Å². The number of hydrogen-bond donors (Lipinski definition) is 1. The van der Waals surface area contributed by atoms with Crippen LogP contribution in [0, 0.1) is 5.82 Å². The molecule has 2 aromatic carbocycles. The van der Waals surface area contributed by atoms with Gasteiger partial charge in [0.05, 0.1) is 24.3 Å². The Balaban J connectivity index is 1.54. The van der Waals surface area contributed by atoms with Gasteiger partial charge in [0.25, 0.3) is 5.91 Å². The molecule has 3 aromatic rings. The lowest BCUT2D eigenvalue weighted by Crippen LogP contribution is -2.39. The summed E-state index contributed by atoms with van der Waals surface area (Å²) in [6.07, 6.45) is 0.537. The Kier molecular flexibility index (Phi) is 8.07. The third-order valence-corrected chi connectivity index (χ3v) is 6.99. The first-order valence-corrected chi connectivity index (χ1v) is 12.7. The minimum Gasteiger partial charge on any atom is -0.462 e. The predicted octanol–water partition coefficient (Wildman–Crippen LogP) is 4.64. The summed E-state index contributed by atoms with van der Waals surface area (Å²) in [6.45, 7) is 2.44.